The van der Waals surface area contributed by atoms with Crippen LogP contribution in [-0.4, -0.2) is 11.5 Å². The lowest BCUT2D eigenvalue weighted by atomic mass is 10.1. The van der Waals surface area contributed by atoms with Gasteiger partial charge in [-0.15, -0.1) is 0 Å². The molecule has 0 aromatic heterocycles. The van der Waals surface area contributed by atoms with Crippen molar-refractivity contribution in [2.75, 3.05) is 6.54 Å². The molecule has 0 saturated carbocycles. The number of benzene rings is 2. The third-order valence-electron chi connectivity index (χ3n) is 3.11. The average molecular weight is 271 g/mol. The Labute approximate surface area is 118 Å². The van der Waals surface area contributed by atoms with E-state index in [0.29, 0.717) is 6.42 Å². The van der Waals surface area contributed by atoms with Crippen molar-refractivity contribution in [3.05, 3.63) is 75.8 Å². The molecule has 0 heterocycles. The van der Waals surface area contributed by atoms with E-state index in [4.69, 9.17) is 4.74 Å². The van der Waals surface area contributed by atoms with Gasteiger partial charge in [-0.25, -0.2) is 0 Å². The molecule has 0 fully saturated rings. The van der Waals surface area contributed by atoms with Crippen LogP contribution in [0.4, 0.5) is 0 Å². The van der Waals surface area contributed by atoms with Crippen LogP contribution in [-0.2, 0) is 0 Å². The molecule has 0 spiro atoms. The van der Waals surface area contributed by atoms with Crippen molar-refractivity contribution in [3.63, 3.8) is 0 Å². The molecule has 0 aliphatic heterocycles. The number of nitrogens with zero attached hydrogens (tertiary/aromatic N) is 1. The van der Waals surface area contributed by atoms with Gasteiger partial charge in [-0.2, -0.15) is 0 Å². The molecule has 0 aliphatic carbocycles. The number of rotatable bonds is 6. The minimum atomic E-state index is -0.308. The van der Waals surface area contributed by atoms with Gasteiger partial charge < -0.3 is 4.74 Å². The number of nitro groups is 1. The van der Waals surface area contributed by atoms with Gasteiger partial charge in [0.15, 0.2) is 0 Å². The molecule has 4 nitrogen and oxygen atoms in total. The highest BCUT2D eigenvalue weighted by molar-refractivity contribution is 5.32. The number of aryl methyl sites for hydroxylation is 1. The highest BCUT2D eigenvalue weighted by atomic mass is 16.6. The van der Waals surface area contributed by atoms with E-state index in [1.54, 1.807) is 0 Å². The predicted molar refractivity (Wildman–Crippen MR) is 77.5 cm³/mol. The lowest BCUT2D eigenvalue weighted by Crippen LogP contribution is -2.13. The Bertz CT molecular complexity index is 569. The molecule has 2 aromatic rings. The third kappa shape index (κ3) is 3.82. The lowest BCUT2D eigenvalue weighted by Gasteiger charge is -2.19. The van der Waals surface area contributed by atoms with Crippen molar-refractivity contribution in [2.24, 2.45) is 0 Å². The van der Waals surface area contributed by atoms with E-state index in [1.165, 1.54) is 0 Å². The number of hydrogen-bond acceptors (Lipinski definition) is 3. The third-order valence-corrected chi connectivity index (χ3v) is 3.11. The molecule has 0 saturated heterocycles. The van der Waals surface area contributed by atoms with Crippen LogP contribution in [0.15, 0.2) is 54.6 Å². The summed E-state index contributed by atoms with van der Waals surface area (Å²) < 4.78 is 5.98. The minimum Gasteiger partial charge on any atom is -0.485 e. The normalized spacial score (nSPS) is 11.8. The van der Waals surface area contributed by atoms with E-state index in [-0.39, 0.29) is 17.6 Å². The van der Waals surface area contributed by atoms with E-state index in [0.717, 1.165) is 16.9 Å². The lowest BCUT2D eigenvalue weighted by molar-refractivity contribution is -0.482. The minimum absolute atomic E-state index is 0.106. The molecule has 0 radical (unpaired) electrons. The smallest absolute Gasteiger partial charge is 0.207 e. The molecule has 2 rings (SSSR count). The summed E-state index contributed by atoms with van der Waals surface area (Å²) in [5, 5.41) is 10.6. The van der Waals surface area contributed by atoms with Crippen molar-refractivity contribution < 1.29 is 9.66 Å². The van der Waals surface area contributed by atoms with Gasteiger partial charge in [0.05, 0.1) is 6.42 Å². The Balaban J connectivity index is 2.18. The maximum atomic E-state index is 10.6. The van der Waals surface area contributed by atoms with E-state index >= 15 is 0 Å². The molecule has 0 bridgehead atoms. The molecular formula is C16H17NO3. The van der Waals surface area contributed by atoms with Gasteiger partial charge in [-0.1, -0.05) is 48.5 Å². The Kier molecular flexibility index (Phi) is 4.71. The zero-order chi connectivity index (χ0) is 14.4. The van der Waals surface area contributed by atoms with Crippen LogP contribution in [0.2, 0.25) is 0 Å². The van der Waals surface area contributed by atoms with Crippen molar-refractivity contribution in [1.29, 1.82) is 0 Å². The van der Waals surface area contributed by atoms with Crippen molar-refractivity contribution in [1.82, 2.24) is 0 Å². The highest BCUT2D eigenvalue weighted by Gasteiger charge is 2.17. The zero-order valence-electron chi connectivity index (χ0n) is 11.4. The molecule has 1 atom stereocenters. The standard InChI is InChI=1S/C16H17NO3/c1-13-7-5-6-10-15(13)20-16(11-12-17(18)19)14-8-3-2-4-9-14/h2-10,16H,11-12H2,1H3/t16-/m1/s1. The summed E-state index contributed by atoms with van der Waals surface area (Å²) in [5.74, 6) is 0.768. The summed E-state index contributed by atoms with van der Waals surface area (Å²) in [7, 11) is 0. The van der Waals surface area contributed by atoms with Gasteiger partial charge in [0.2, 0.25) is 6.54 Å². The largest absolute Gasteiger partial charge is 0.485 e. The Morgan fingerprint density at radius 3 is 2.40 bits per heavy atom. The van der Waals surface area contributed by atoms with Crippen LogP contribution < -0.4 is 4.74 Å². The van der Waals surface area contributed by atoms with Crippen LogP contribution in [0, 0.1) is 17.0 Å². The number of ether oxygens (including phenoxy) is 1. The molecular weight excluding hydrogens is 254 g/mol. The Morgan fingerprint density at radius 1 is 1.10 bits per heavy atom. The fourth-order valence-electron chi connectivity index (χ4n) is 2.03. The molecule has 104 valence electrons. The zero-order valence-corrected chi connectivity index (χ0v) is 11.4. The van der Waals surface area contributed by atoms with Gasteiger partial charge in [-0.05, 0) is 24.1 Å². The van der Waals surface area contributed by atoms with Crippen LogP contribution in [0.1, 0.15) is 23.7 Å². The first-order valence-corrected chi connectivity index (χ1v) is 6.56. The first kappa shape index (κ1) is 14.1. The summed E-state index contributed by atoms with van der Waals surface area (Å²) in [6.07, 6.45) is 0.0495. The molecule has 0 N–H and O–H groups in total. The summed E-state index contributed by atoms with van der Waals surface area (Å²) in [6, 6.07) is 17.3. The average Bonchev–Trinajstić information content (AvgIpc) is 2.46. The second-order valence-electron chi connectivity index (χ2n) is 4.63. The van der Waals surface area contributed by atoms with Gasteiger partial charge in [0.25, 0.3) is 0 Å². The molecule has 0 unspecified atom stereocenters. The van der Waals surface area contributed by atoms with Crippen molar-refractivity contribution >= 4 is 0 Å². The molecule has 20 heavy (non-hydrogen) atoms. The van der Waals surface area contributed by atoms with Crippen LogP contribution in [0.3, 0.4) is 0 Å². The van der Waals surface area contributed by atoms with E-state index < -0.39 is 0 Å². The van der Waals surface area contributed by atoms with Crippen LogP contribution in [0.25, 0.3) is 0 Å². The Hall–Kier alpha value is -2.36. The van der Waals surface area contributed by atoms with Gasteiger partial charge in [0.1, 0.15) is 11.9 Å². The maximum absolute atomic E-state index is 10.6. The predicted octanol–water partition coefficient (Wildman–Crippen LogP) is 3.78. The van der Waals surface area contributed by atoms with Gasteiger partial charge >= 0.3 is 0 Å². The van der Waals surface area contributed by atoms with Crippen LogP contribution >= 0.6 is 0 Å². The van der Waals surface area contributed by atoms with Crippen molar-refractivity contribution in [2.45, 2.75) is 19.4 Å². The van der Waals surface area contributed by atoms with Crippen molar-refractivity contribution in [3.8, 4) is 5.75 Å². The van der Waals surface area contributed by atoms with E-state index in [2.05, 4.69) is 0 Å². The van der Waals surface area contributed by atoms with Crippen LogP contribution in [0.5, 0.6) is 5.75 Å². The second kappa shape index (κ2) is 6.70. The SMILES string of the molecule is Cc1ccccc1O[C@H](CC[N+](=O)[O-])c1ccccc1. The van der Waals surface area contributed by atoms with Gasteiger partial charge in [0, 0.05) is 4.92 Å². The molecule has 4 heteroatoms. The molecule has 0 aliphatic rings. The number of hydrogen-bond donors (Lipinski definition) is 0. The quantitative estimate of drug-likeness (QED) is 0.593. The first-order valence-electron chi connectivity index (χ1n) is 6.56. The second-order valence-corrected chi connectivity index (χ2v) is 4.63. The maximum Gasteiger partial charge on any atom is 0.207 e. The summed E-state index contributed by atoms with van der Waals surface area (Å²) in [4.78, 5) is 10.3. The highest BCUT2D eigenvalue weighted by Crippen LogP contribution is 2.27. The summed E-state index contributed by atoms with van der Waals surface area (Å²) >= 11 is 0. The summed E-state index contributed by atoms with van der Waals surface area (Å²) in [5.41, 5.74) is 1.98. The summed E-state index contributed by atoms with van der Waals surface area (Å²) in [6.45, 7) is 1.86. The molecule has 2 aromatic carbocycles. The Morgan fingerprint density at radius 2 is 1.75 bits per heavy atom. The monoisotopic (exact) mass is 271 g/mol. The van der Waals surface area contributed by atoms with E-state index in [9.17, 15) is 10.1 Å². The fourth-order valence-corrected chi connectivity index (χ4v) is 2.03. The van der Waals surface area contributed by atoms with Gasteiger partial charge in [-0.3, -0.25) is 10.1 Å². The number of para-hydroxylation sites is 1. The first-order chi connectivity index (χ1) is 9.66. The fraction of sp³-hybridized carbons (Fsp3) is 0.250. The topological polar surface area (TPSA) is 52.4 Å². The molecule has 0 amide bonds. The van der Waals surface area contributed by atoms with E-state index in [1.807, 2.05) is 61.5 Å².